The highest BCUT2D eigenvalue weighted by Crippen LogP contribution is 2.29. The minimum Gasteiger partial charge on any atom is -0.330 e. The van der Waals surface area contributed by atoms with Gasteiger partial charge < -0.3 is 5.73 Å². The molecule has 0 aliphatic carbocycles. The Balaban J connectivity index is 1.95. The van der Waals surface area contributed by atoms with E-state index in [2.05, 4.69) is 4.98 Å². The van der Waals surface area contributed by atoms with E-state index < -0.39 is 0 Å². The van der Waals surface area contributed by atoms with E-state index in [0.29, 0.717) is 25.3 Å². The van der Waals surface area contributed by atoms with Crippen molar-refractivity contribution in [1.82, 2.24) is 4.98 Å². The monoisotopic (exact) mass is 285 g/mol. The number of carbonyl (C=O) groups excluding carboxylic acids is 1. The predicted molar refractivity (Wildman–Crippen MR) is 78.1 cm³/mol. The SMILES string of the molecule is NCC1Cc2cccnc2N(Cc2ccc(F)cc2)C1=O. The summed E-state index contributed by atoms with van der Waals surface area (Å²) >= 11 is 0. The van der Waals surface area contributed by atoms with Crippen LogP contribution in [0.25, 0.3) is 0 Å². The Morgan fingerprint density at radius 3 is 2.76 bits per heavy atom. The largest absolute Gasteiger partial charge is 0.330 e. The molecule has 1 aromatic carbocycles. The normalized spacial score (nSPS) is 17.7. The zero-order valence-electron chi connectivity index (χ0n) is 11.5. The summed E-state index contributed by atoms with van der Waals surface area (Å²) in [4.78, 5) is 18.5. The van der Waals surface area contributed by atoms with E-state index >= 15 is 0 Å². The van der Waals surface area contributed by atoms with Crippen LogP contribution in [0.15, 0.2) is 42.6 Å². The van der Waals surface area contributed by atoms with Gasteiger partial charge in [0.05, 0.1) is 12.5 Å². The van der Waals surface area contributed by atoms with Gasteiger partial charge in [0, 0.05) is 12.7 Å². The number of rotatable bonds is 3. The first-order valence-electron chi connectivity index (χ1n) is 6.89. The van der Waals surface area contributed by atoms with E-state index in [-0.39, 0.29) is 17.6 Å². The van der Waals surface area contributed by atoms with Gasteiger partial charge in [-0.3, -0.25) is 9.69 Å². The lowest BCUT2D eigenvalue weighted by Crippen LogP contribution is -2.44. The van der Waals surface area contributed by atoms with E-state index in [1.165, 1.54) is 12.1 Å². The van der Waals surface area contributed by atoms with Crippen LogP contribution in [0.2, 0.25) is 0 Å². The molecule has 21 heavy (non-hydrogen) atoms. The highest BCUT2D eigenvalue weighted by atomic mass is 19.1. The number of benzene rings is 1. The molecule has 1 aliphatic rings. The summed E-state index contributed by atoms with van der Waals surface area (Å²) in [7, 11) is 0. The third-order valence-corrected chi connectivity index (χ3v) is 3.74. The molecule has 1 atom stereocenters. The van der Waals surface area contributed by atoms with Crippen molar-refractivity contribution in [2.24, 2.45) is 11.7 Å². The number of pyridine rings is 1. The highest BCUT2D eigenvalue weighted by molar-refractivity contribution is 5.97. The molecule has 1 amide bonds. The van der Waals surface area contributed by atoms with E-state index in [0.717, 1.165) is 11.1 Å². The van der Waals surface area contributed by atoms with E-state index in [9.17, 15) is 9.18 Å². The molecule has 0 fully saturated rings. The van der Waals surface area contributed by atoms with Crippen molar-refractivity contribution in [2.45, 2.75) is 13.0 Å². The van der Waals surface area contributed by atoms with Gasteiger partial charge in [-0.15, -0.1) is 0 Å². The second-order valence-corrected chi connectivity index (χ2v) is 5.17. The van der Waals surface area contributed by atoms with Crippen LogP contribution in [0.5, 0.6) is 0 Å². The van der Waals surface area contributed by atoms with Gasteiger partial charge in [-0.2, -0.15) is 0 Å². The summed E-state index contributed by atoms with van der Waals surface area (Å²) in [6.07, 6.45) is 2.30. The van der Waals surface area contributed by atoms with Crippen molar-refractivity contribution in [2.75, 3.05) is 11.4 Å². The van der Waals surface area contributed by atoms with E-state index in [4.69, 9.17) is 5.73 Å². The Morgan fingerprint density at radius 2 is 2.05 bits per heavy atom. The molecule has 4 nitrogen and oxygen atoms in total. The molecular weight excluding hydrogens is 269 g/mol. The molecule has 0 saturated carbocycles. The molecule has 2 heterocycles. The Kier molecular flexibility index (Phi) is 3.66. The fourth-order valence-electron chi connectivity index (χ4n) is 2.62. The molecule has 0 bridgehead atoms. The first-order chi connectivity index (χ1) is 10.2. The molecule has 0 radical (unpaired) electrons. The molecule has 5 heteroatoms. The van der Waals surface area contributed by atoms with Crippen LogP contribution in [0.1, 0.15) is 11.1 Å². The molecule has 2 N–H and O–H groups in total. The number of hydrogen-bond donors (Lipinski definition) is 1. The van der Waals surface area contributed by atoms with Crippen LogP contribution in [-0.2, 0) is 17.8 Å². The van der Waals surface area contributed by atoms with Gasteiger partial charge in [-0.05, 0) is 35.7 Å². The first-order valence-corrected chi connectivity index (χ1v) is 6.89. The molecule has 1 unspecified atom stereocenters. The van der Waals surface area contributed by atoms with Crippen LogP contribution in [0.4, 0.5) is 10.2 Å². The maximum absolute atomic E-state index is 13.0. The Labute approximate surface area is 122 Å². The number of aromatic nitrogens is 1. The number of amides is 1. The minimum atomic E-state index is -0.290. The first kappa shape index (κ1) is 13.7. The number of halogens is 1. The van der Waals surface area contributed by atoms with Crippen molar-refractivity contribution in [3.05, 3.63) is 59.5 Å². The van der Waals surface area contributed by atoms with Gasteiger partial charge in [-0.25, -0.2) is 9.37 Å². The molecule has 3 rings (SSSR count). The molecule has 0 saturated heterocycles. The van der Waals surface area contributed by atoms with Gasteiger partial charge in [0.15, 0.2) is 0 Å². The van der Waals surface area contributed by atoms with Gasteiger partial charge in [0.25, 0.3) is 0 Å². The zero-order valence-corrected chi connectivity index (χ0v) is 11.5. The Bertz CT molecular complexity index is 657. The van der Waals surface area contributed by atoms with E-state index in [1.54, 1.807) is 23.2 Å². The summed E-state index contributed by atoms with van der Waals surface area (Å²) in [5.41, 5.74) is 7.59. The average Bonchev–Trinajstić information content (AvgIpc) is 2.51. The second-order valence-electron chi connectivity index (χ2n) is 5.17. The Morgan fingerprint density at radius 1 is 1.29 bits per heavy atom. The quantitative estimate of drug-likeness (QED) is 0.936. The number of anilines is 1. The van der Waals surface area contributed by atoms with Crippen LogP contribution in [0.3, 0.4) is 0 Å². The average molecular weight is 285 g/mol. The smallest absolute Gasteiger partial charge is 0.233 e. The molecule has 1 aliphatic heterocycles. The topological polar surface area (TPSA) is 59.2 Å². The minimum absolute atomic E-state index is 0.0203. The van der Waals surface area contributed by atoms with Crippen molar-refractivity contribution in [1.29, 1.82) is 0 Å². The summed E-state index contributed by atoms with van der Waals surface area (Å²) in [6, 6.07) is 9.97. The van der Waals surface area contributed by atoms with Gasteiger partial charge in [0.1, 0.15) is 11.6 Å². The van der Waals surface area contributed by atoms with Gasteiger partial charge in [0.2, 0.25) is 5.91 Å². The maximum Gasteiger partial charge on any atom is 0.233 e. The Hall–Kier alpha value is -2.27. The summed E-state index contributed by atoms with van der Waals surface area (Å²) in [5, 5.41) is 0. The van der Waals surface area contributed by atoms with Gasteiger partial charge in [-0.1, -0.05) is 18.2 Å². The molecular formula is C16H16FN3O. The number of nitrogens with two attached hydrogens (primary N) is 1. The predicted octanol–water partition coefficient (Wildman–Crippen LogP) is 1.88. The lowest BCUT2D eigenvalue weighted by Gasteiger charge is -2.32. The zero-order chi connectivity index (χ0) is 14.8. The standard InChI is InChI=1S/C16H16FN3O/c17-14-5-3-11(4-6-14)10-20-15-12(2-1-7-19-15)8-13(9-18)16(20)21/h1-7,13H,8-10,18H2. The third-order valence-electron chi connectivity index (χ3n) is 3.74. The van der Waals surface area contributed by atoms with E-state index in [1.807, 2.05) is 12.1 Å². The number of hydrogen-bond acceptors (Lipinski definition) is 3. The number of nitrogens with zero attached hydrogens (tertiary/aromatic N) is 2. The van der Waals surface area contributed by atoms with Crippen LogP contribution in [-0.4, -0.2) is 17.4 Å². The summed E-state index contributed by atoms with van der Waals surface area (Å²) < 4.78 is 13.0. The third kappa shape index (κ3) is 2.64. The molecule has 1 aromatic heterocycles. The van der Waals surface area contributed by atoms with Crippen molar-refractivity contribution in [3.8, 4) is 0 Å². The van der Waals surface area contributed by atoms with Crippen LogP contribution >= 0.6 is 0 Å². The summed E-state index contributed by atoms with van der Waals surface area (Å²) in [6.45, 7) is 0.687. The van der Waals surface area contributed by atoms with Crippen LogP contribution in [0, 0.1) is 11.7 Å². The van der Waals surface area contributed by atoms with Crippen molar-refractivity contribution < 1.29 is 9.18 Å². The van der Waals surface area contributed by atoms with Crippen LogP contribution < -0.4 is 10.6 Å². The lowest BCUT2D eigenvalue weighted by atomic mass is 9.93. The number of fused-ring (bicyclic) bond motifs is 1. The second kappa shape index (κ2) is 5.61. The summed E-state index contributed by atoms with van der Waals surface area (Å²) in [5.74, 6) is 0.147. The van der Waals surface area contributed by atoms with Crippen molar-refractivity contribution >= 4 is 11.7 Å². The van der Waals surface area contributed by atoms with Crippen molar-refractivity contribution in [3.63, 3.8) is 0 Å². The lowest BCUT2D eigenvalue weighted by molar-refractivity contribution is -0.122. The molecule has 108 valence electrons. The van der Waals surface area contributed by atoms with Gasteiger partial charge >= 0.3 is 0 Å². The number of carbonyl (C=O) groups is 1. The maximum atomic E-state index is 13.0. The highest BCUT2D eigenvalue weighted by Gasteiger charge is 2.32. The molecule has 0 spiro atoms. The fraction of sp³-hybridized carbons (Fsp3) is 0.250. The fourth-order valence-corrected chi connectivity index (χ4v) is 2.62. The molecule has 2 aromatic rings.